The van der Waals surface area contributed by atoms with E-state index in [-0.39, 0.29) is 18.4 Å². The molecule has 0 bridgehead atoms. The molecule has 0 aliphatic carbocycles. The van der Waals surface area contributed by atoms with Crippen molar-refractivity contribution < 1.29 is 22.8 Å². The Hall–Kier alpha value is -2.40. The molecule has 2 rings (SSSR count). The van der Waals surface area contributed by atoms with Gasteiger partial charge in [-0.15, -0.1) is 0 Å². The van der Waals surface area contributed by atoms with Crippen LogP contribution in [0.4, 0.5) is 24.5 Å². The summed E-state index contributed by atoms with van der Waals surface area (Å²) in [6, 6.07) is 4.31. The molecule has 0 aromatic heterocycles. The molecule has 1 aliphatic heterocycles. The molecule has 1 fully saturated rings. The highest BCUT2D eigenvalue weighted by Gasteiger charge is 2.30. The lowest BCUT2D eigenvalue weighted by Gasteiger charge is -2.34. The molecule has 1 heterocycles. The summed E-state index contributed by atoms with van der Waals surface area (Å²) in [6.45, 7) is 4.26. The molecule has 2 amide bonds. The number of anilines is 2. The maximum absolute atomic E-state index is 12.7. The van der Waals surface area contributed by atoms with Crippen molar-refractivity contribution in [3.8, 4) is 11.8 Å². The van der Waals surface area contributed by atoms with Gasteiger partial charge in [-0.2, -0.15) is 13.2 Å². The zero-order valence-corrected chi connectivity index (χ0v) is 17.7. The Morgan fingerprint density at radius 1 is 1.33 bits per heavy atom. The predicted molar refractivity (Wildman–Crippen MR) is 111 cm³/mol. The third-order valence-corrected chi connectivity index (χ3v) is 5.06. The van der Waals surface area contributed by atoms with Crippen molar-refractivity contribution in [3.05, 3.63) is 23.2 Å². The van der Waals surface area contributed by atoms with Crippen LogP contribution in [-0.4, -0.2) is 48.6 Å². The van der Waals surface area contributed by atoms with Gasteiger partial charge in [-0.1, -0.05) is 24.4 Å². The highest BCUT2D eigenvalue weighted by Crippen LogP contribution is 2.29. The minimum atomic E-state index is -4.54. The van der Waals surface area contributed by atoms with Crippen molar-refractivity contribution in [1.82, 2.24) is 4.90 Å². The van der Waals surface area contributed by atoms with Crippen LogP contribution in [0.3, 0.4) is 0 Å². The van der Waals surface area contributed by atoms with E-state index >= 15 is 0 Å². The quantitative estimate of drug-likeness (QED) is 0.660. The number of piperidine rings is 1. The molecular formula is C21H25ClF3N3O2. The molecule has 5 nitrogen and oxygen atoms in total. The van der Waals surface area contributed by atoms with Crippen LogP contribution in [0.1, 0.15) is 39.5 Å². The van der Waals surface area contributed by atoms with E-state index in [2.05, 4.69) is 11.2 Å². The standard InChI is InChI=1S/C21H25ClF3N3O2/c1-3-11-27(12-6-10-21(23,24)25)18-9-8-16(14-17(18)22)26-20(30)19-7-4-5-13-28(19)15(2)29/h8-9,14,19H,3-5,7,11-13H2,1-2H3,(H,26,30)/t19-/m1/s1. The van der Waals surface area contributed by atoms with Crippen LogP contribution in [0.2, 0.25) is 5.02 Å². The normalized spacial score (nSPS) is 16.5. The minimum absolute atomic E-state index is 0.117. The zero-order chi connectivity index (χ0) is 22.3. The largest absolute Gasteiger partial charge is 0.457 e. The SMILES string of the molecule is CCCN(CC#CC(F)(F)F)c1ccc(NC(=O)[C@H]2CCCCN2C(C)=O)cc1Cl. The van der Waals surface area contributed by atoms with Crippen LogP contribution in [0, 0.1) is 11.8 Å². The molecule has 1 atom stereocenters. The summed E-state index contributed by atoms with van der Waals surface area (Å²) in [5, 5.41) is 3.08. The number of nitrogens with one attached hydrogen (secondary N) is 1. The van der Waals surface area contributed by atoms with Crippen LogP contribution in [0.25, 0.3) is 0 Å². The van der Waals surface area contributed by atoms with Gasteiger partial charge in [0.2, 0.25) is 11.8 Å². The first-order valence-corrected chi connectivity index (χ1v) is 10.2. The Morgan fingerprint density at radius 3 is 2.67 bits per heavy atom. The second-order valence-electron chi connectivity index (χ2n) is 7.10. The highest BCUT2D eigenvalue weighted by atomic mass is 35.5. The lowest BCUT2D eigenvalue weighted by Crippen LogP contribution is -2.49. The van der Waals surface area contributed by atoms with Gasteiger partial charge < -0.3 is 15.1 Å². The molecule has 0 spiro atoms. The summed E-state index contributed by atoms with van der Waals surface area (Å²) in [4.78, 5) is 27.7. The van der Waals surface area contributed by atoms with E-state index in [1.54, 1.807) is 28.0 Å². The molecule has 0 unspecified atom stereocenters. The van der Waals surface area contributed by atoms with E-state index in [4.69, 9.17) is 11.6 Å². The first-order chi connectivity index (χ1) is 14.1. The summed E-state index contributed by atoms with van der Waals surface area (Å²) in [5.74, 6) is 2.97. The lowest BCUT2D eigenvalue weighted by molar-refractivity contribution is -0.138. The second-order valence-corrected chi connectivity index (χ2v) is 7.51. The van der Waals surface area contributed by atoms with Gasteiger partial charge >= 0.3 is 6.18 Å². The first kappa shape index (κ1) is 23.9. The third kappa shape index (κ3) is 6.84. The average Bonchev–Trinajstić information content (AvgIpc) is 2.66. The minimum Gasteiger partial charge on any atom is -0.359 e. The number of rotatable bonds is 6. The molecule has 0 saturated carbocycles. The topological polar surface area (TPSA) is 52.7 Å². The van der Waals surface area contributed by atoms with Gasteiger partial charge in [0, 0.05) is 31.6 Å². The summed E-state index contributed by atoms with van der Waals surface area (Å²) in [7, 11) is 0. The summed E-state index contributed by atoms with van der Waals surface area (Å²) in [6.07, 6.45) is -1.51. The molecule has 1 aliphatic rings. The molecule has 1 aromatic carbocycles. The number of nitrogens with zero attached hydrogens (tertiary/aromatic N) is 2. The number of carbonyl (C=O) groups is 2. The van der Waals surface area contributed by atoms with E-state index in [0.717, 1.165) is 12.8 Å². The van der Waals surface area contributed by atoms with Crippen LogP contribution in [-0.2, 0) is 9.59 Å². The first-order valence-electron chi connectivity index (χ1n) is 9.81. The number of benzene rings is 1. The van der Waals surface area contributed by atoms with Gasteiger partial charge in [0.05, 0.1) is 17.3 Å². The van der Waals surface area contributed by atoms with Crippen molar-refractivity contribution in [1.29, 1.82) is 0 Å². The zero-order valence-electron chi connectivity index (χ0n) is 17.0. The van der Waals surface area contributed by atoms with Gasteiger partial charge in [-0.25, -0.2) is 0 Å². The van der Waals surface area contributed by atoms with Crippen molar-refractivity contribution in [2.24, 2.45) is 0 Å². The van der Waals surface area contributed by atoms with E-state index in [9.17, 15) is 22.8 Å². The smallest absolute Gasteiger partial charge is 0.359 e. The van der Waals surface area contributed by atoms with Crippen LogP contribution in [0.5, 0.6) is 0 Å². The number of carbonyl (C=O) groups excluding carboxylic acids is 2. The van der Waals surface area contributed by atoms with Crippen molar-refractivity contribution in [3.63, 3.8) is 0 Å². The van der Waals surface area contributed by atoms with Crippen molar-refractivity contribution >= 4 is 34.8 Å². The van der Waals surface area contributed by atoms with E-state index < -0.39 is 12.2 Å². The molecule has 9 heteroatoms. The maximum Gasteiger partial charge on any atom is 0.457 e. The predicted octanol–water partition coefficient (Wildman–Crippen LogP) is 4.46. The number of hydrogen-bond donors (Lipinski definition) is 1. The Bertz CT molecular complexity index is 833. The fourth-order valence-electron chi connectivity index (χ4n) is 3.44. The van der Waals surface area contributed by atoms with E-state index in [1.165, 1.54) is 12.8 Å². The Labute approximate surface area is 179 Å². The number of amides is 2. The van der Waals surface area contributed by atoms with Gasteiger partial charge in [-0.3, -0.25) is 9.59 Å². The molecule has 1 aromatic rings. The van der Waals surface area contributed by atoms with Gasteiger partial charge in [0.15, 0.2) is 0 Å². The molecule has 1 saturated heterocycles. The van der Waals surface area contributed by atoms with E-state index in [1.807, 2.05) is 6.92 Å². The summed E-state index contributed by atoms with van der Waals surface area (Å²) >= 11 is 6.35. The molecule has 1 N–H and O–H groups in total. The van der Waals surface area contributed by atoms with Gasteiger partial charge in [0.1, 0.15) is 6.04 Å². The molecule has 30 heavy (non-hydrogen) atoms. The lowest BCUT2D eigenvalue weighted by atomic mass is 10.0. The molecule has 164 valence electrons. The molecular weight excluding hydrogens is 419 g/mol. The maximum atomic E-state index is 12.7. The average molecular weight is 444 g/mol. The fraction of sp³-hybridized carbons (Fsp3) is 0.524. The van der Waals surface area contributed by atoms with Crippen LogP contribution in [0.15, 0.2) is 18.2 Å². The Morgan fingerprint density at radius 2 is 2.07 bits per heavy atom. The Balaban J connectivity index is 2.13. The highest BCUT2D eigenvalue weighted by molar-refractivity contribution is 6.33. The second kappa shape index (κ2) is 10.6. The summed E-state index contributed by atoms with van der Waals surface area (Å²) in [5.41, 5.74) is 0.997. The molecule has 0 radical (unpaired) electrons. The third-order valence-electron chi connectivity index (χ3n) is 4.76. The Kier molecular flexibility index (Phi) is 8.42. The van der Waals surface area contributed by atoms with Gasteiger partial charge in [0.25, 0.3) is 0 Å². The number of likely N-dealkylation sites (tertiary alicyclic amines) is 1. The summed E-state index contributed by atoms with van der Waals surface area (Å²) < 4.78 is 36.9. The number of halogens is 4. The van der Waals surface area contributed by atoms with Crippen LogP contribution < -0.4 is 10.2 Å². The monoisotopic (exact) mass is 443 g/mol. The number of hydrogen-bond acceptors (Lipinski definition) is 3. The van der Waals surface area contributed by atoms with Crippen molar-refractivity contribution in [2.45, 2.75) is 51.7 Å². The fourth-order valence-corrected chi connectivity index (χ4v) is 3.74. The van der Waals surface area contributed by atoms with Crippen LogP contribution >= 0.6 is 11.6 Å². The van der Waals surface area contributed by atoms with Gasteiger partial charge in [-0.05, 0) is 43.9 Å². The van der Waals surface area contributed by atoms with E-state index in [0.29, 0.717) is 42.3 Å². The number of alkyl halides is 3. The van der Waals surface area contributed by atoms with Crippen molar-refractivity contribution in [2.75, 3.05) is 29.9 Å².